The van der Waals surface area contributed by atoms with Crippen LogP contribution in [0.2, 0.25) is 0 Å². The Labute approximate surface area is 80.0 Å². The van der Waals surface area contributed by atoms with Gasteiger partial charge >= 0.3 is 0 Å². The fourth-order valence-electron chi connectivity index (χ4n) is 2.57. The second-order valence-corrected chi connectivity index (χ2v) is 5.12. The molecular formula is C11H18N2. The van der Waals surface area contributed by atoms with Crippen LogP contribution in [0.5, 0.6) is 0 Å². The fourth-order valence-corrected chi connectivity index (χ4v) is 2.57. The van der Waals surface area contributed by atoms with E-state index in [0.717, 1.165) is 0 Å². The van der Waals surface area contributed by atoms with Crippen LogP contribution in [0.25, 0.3) is 0 Å². The third-order valence-corrected chi connectivity index (χ3v) is 3.13. The molecule has 2 rings (SSSR count). The largest absolute Gasteiger partial charge is 0.272 e. The molecule has 0 amide bonds. The van der Waals surface area contributed by atoms with Crippen molar-refractivity contribution >= 4 is 0 Å². The molecule has 0 aliphatic heterocycles. The second kappa shape index (κ2) is 2.60. The van der Waals surface area contributed by atoms with Crippen LogP contribution in [-0.2, 0) is 13.5 Å². The molecule has 0 bridgehead atoms. The number of nitrogens with zero attached hydrogens (tertiary/aromatic N) is 2. The first kappa shape index (κ1) is 8.79. The van der Waals surface area contributed by atoms with Crippen molar-refractivity contribution in [1.82, 2.24) is 9.78 Å². The van der Waals surface area contributed by atoms with Gasteiger partial charge in [0.25, 0.3) is 0 Å². The third kappa shape index (κ3) is 1.38. The van der Waals surface area contributed by atoms with Crippen LogP contribution in [0.3, 0.4) is 0 Å². The average molecular weight is 178 g/mol. The van der Waals surface area contributed by atoms with Gasteiger partial charge < -0.3 is 0 Å². The molecule has 1 aromatic rings. The van der Waals surface area contributed by atoms with Gasteiger partial charge in [0.2, 0.25) is 0 Å². The van der Waals surface area contributed by atoms with Crippen LogP contribution in [-0.4, -0.2) is 9.78 Å². The highest BCUT2D eigenvalue weighted by Crippen LogP contribution is 2.41. The SMILES string of the molecule is C[C@H]1CC(C)(C)Cc2c1cnn2C. The zero-order valence-corrected chi connectivity index (χ0v) is 8.96. The number of rotatable bonds is 0. The highest BCUT2D eigenvalue weighted by atomic mass is 15.3. The Morgan fingerprint density at radius 3 is 2.92 bits per heavy atom. The van der Waals surface area contributed by atoms with Crippen LogP contribution in [0, 0.1) is 5.41 Å². The first-order valence-electron chi connectivity index (χ1n) is 5.00. The molecule has 1 aliphatic rings. The van der Waals surface area contributed by atoms with Gasteiger partial charge in [-0.3, -0.25) is 4.68 Å². The Hall–Kier alpha value is -0.790. The monoisotopic (exact) mass is 178 g/mol. The highest BCUT2D eigenvalue weighted by molar-refractivity contribution is 5.26. The molecule has 0 fully saturated rings. The van der Waals surface area contributed by atoms with Gasteiger partial charge in [0.15, 0.2) is 0 Å². The molecule has 0 aromatic carbocycles. The van der Waals surface area contributed by atoms with E-state index in [1.807, 2.05) is 17.9 Å². The molecule has 0 spiro atoms. The van der Waals surface area contributed by atoms with E-state index >= 15 is 0 Å². The summed E-state index contributed by atoms with van der Waals surface area (Å²) in [6.45, 7) is 7.00. The molecule has 1 heterocycles. The van der Waals surface area contributed by atoms with Crippen molar-refractivity contribution in [3.05, 3.63) is 17.5 Å². The minimum atomic E-state index is 0.445. The lowest BCUT2D eigenvalue weighted by atomic mass is 9.72. The molecule has 0 N–H and O–H groups in total. The van der Waals surface area contributed by atoms with Crippen molar-refractivity contribution < 1.29 is 0 Å². The lowest BCUT2D eigenvalue weighted by Crippen LogP contribution is -2.25. The molecule has 1 aromatic heterocycles. The first-order chi connectivity index (χ1) is 5.99. The van der Waals surface area contributed by atoms with E-state index in [2.05, 4.69) is 25.9 Å². The van der Waals surface area contributed by atoms with Crippen LogP contribution in [0.1, 0.15) is 44.4 Å². The summed E-state index contributed by atoms with van der Waals surface area (Å²) in [5.74, 6) is 0.674. The maximum atomic E-state index is 4.33. The van der Waals surface area contributed by atoms with Gasteiger partial charge in [-0.2, -0.15) is 5.10 Å². The summed E-state index contributed by atoms with van der Waals surface area (Å²) in [6.07, 6.45) is 4.49. The third-order valence-electron chi connectivity index (χ3n) is 3.13. The van der Waals surface area contributed by atoms with E-state index < -0.39 is 0 Å². The maximum Gasteiger partial charge on any atom is 0.0527 e. The van der Waals surface area contributed by atoms with E-state index in [0.29, 0.717) is 11.3 Å². The van der Waals surface area contributed by atoms with Crippen molar-refractivity contribution in [2.45, 2.75) is 39.5 Å². The summed E-state index contributed by atoms with van der Waals surface area (Å²) < 4.78 is 2.03. The van der Waals surface area contributed by atoms with Gasteiger partial charge in [-0.15, -0.1) is 0 Å². The molecule has 0 saturated heterocycles. The number of aryl methyl sites for hydroxylation is 1. The van der Waals surface area contributed by atoms with Gasteiger partial charge in [0.1, 0.15) is 0 Å². The van der Waals surface area contributed by atoms with Gasteiger partial charge in [-0.05, 0) is 29.7 Å². The van der Waals surface area contributed by atoms with Crippen molar-refractivity contribution in [3.8, 4) is 0 Å². The number of hydrogen-bond donors (Lipinski definition) is 0. The minimum Gasteiger partial charge on any atom is -0.272 e. The molecule has 72 valence electrons. The number of hydrogen-bond acceptors (Lipinski definition) is 1. The lowest BCUT2D eigenvalue weighted by molar-refractivity contribution is 0.281. The van der Waals surface area contributed by atoms with Gasteiger partial charge in [-0.1, -0.05) is 20.8 Å². The minimum absolute atomic E-state index is 0.445. The van der Waals surface area contributed by atoms with Crippen LogP contribution >= 0.6 is 0 Å². The van der Waals surface area contributed by atoms with Gasteiger partial charge in [0, 0.05) is 12.7 Å². The quantitative estimate of drug-likeness (QED) is 0.597. The standard InChI is InChI=1S/C11H18N2/c1-8-5-11(2,3)6-10-9(8)7-12-13(10)4/h7-8H,5-6H2,1-4H3/t8-/m0/s1. The fraction of sp³-hybridized carbons (Fsp3) is 0.727. The summed E-state index contributed by atoms with van der Waals surface area (Å²) in [5, 5.41) is 4.33. The first-order valence-corrected chi connectivity index (χ1v) is 5.00. The normalized spacial score (nSPS) is 25.7. The van der Waals surface area contributed by atoms with Gasteiger partial charge in [0.05, 0.1) is 6.20 Å². The van der Waals surface area contributed by atoms with Crippen LogP contribution < -0.4 is 0 Å². The average Bonchev–Trinajstić information content (AvgIpc) is 2.30. The molecule has 13 heavy (non-hydrogen) atoms. The topological polar surface area (TPSA) is 17.8 Å². The Morgan fingerprint density at radius 2 is 2.23 bits per heavy atom. The van der Waals surface area contributed by atoms with Gasteiger partial charge in [-0.25, -0.2) is 0 Å². The molecule has 2 nitrogen and oxygen atoms in total. The van der Waals surface area contributed by atoms with Crippen molar-refractivity contribution in [2.24, 2.45) is 12.5 Å². The smallest absolute Gasteiger partial charge is 0.0527 e. The van der Waals surface area contributed by atoms with Crippen LogP contribution in [0.4, 0.5) is 0 Å². The Kier molecular flexibility index (Phi) is 1.76. The molecule has 2 heteroatoms. The van der Waals surface area contributed by atoms with E-state index in [-0.39, 0.29) is 0 Å². The van der Waals surface area contributed by atoms with E-state index in [4.69, 9.17) is 0 Å². The predicted octanol–water partition coefficient (Wildman–Crippen LogP) is 2.50. The predicted molar refractivity (Wildman–Crippen MR) is 53.7 cm³/mol. The molecule has 1 aliphatic carbocycles. The molecular weight excluding hydrogens is 160 g/mol. The summed E-state index contributed by atoms with van der Waals surface area (Å²) in [7, 11) is 2.05. The van der Waals surface area contributed by atoms with E-state index in [1.165, 1.54) is 24.1 Å². The molecule has 1 atom stereocenters. The van der Waals surface area contributed by atoms with Crippen LogP contribution in [0.15, 0.2) is 6.20 Å². The Balaban J connectivity index is 2.45. The molecule has 0 radical (unpaired) electrons. The Bertz CT molecular complexity index is 323. The lowest BCUT2D eigenvalue weighted by Gasteiger charge is -2.33. The summed E-state index contributed by atoms with van der Waals surface area (Å²) in [4.78, 5) is 0. The Morgan fingerprint density at radius 1 is 1.54 bits per heavy atom. The summed E-state index contributed by atoms with van der Waals surface area (Å²) in [5.41, 5.74) is 3.34. The molecule has 0 saturated carbocycles. The second-order valence-electron chi connectivity index (χ2n) is 5.12. The van der Waals surface area contributed by atoms with Crippen molar-refractivity contribution in [2.75, 3.05) is 0 Å². The van der Waals surface area contributed by atoms with E-state index in [9.17, 15) is 0 Å². The summed E-state index contributed by atoms with van der Waals surface area (Å²) in [6, 6.07) is 0. The maximum absolute atomic E-state index is 4.33. The number of fused-ring (bicyclic) bond motifs is 1. The zero-order valence-electron chi connectivity index (χ0n) is 8.96. The zero-order chi connectivity index (χ0) is 9.64. The van der Waals surface area contributed by atoms with Crippen molar-refractivity contribution in [3.63, 3.8) is 0 Å². The van der Waals surface area contributed by atoms with Crippen molar-refractivity contribution in [1.29, 1.82) is 0 Å². The highest BCUT2D eigenvalue weighted by Gasteiger charge is 2.31. The van der Waals surface area contributed by atoms with E-state index in [1.54, 1.807) is 0 Å². The molecule has 0 unspecified atom stereocenters. The number of aromatic nitrogens is 2. The summed E-state index contributed by atoms with van der Waals surface area (Å²) >= 11 is 0.